The lowest BCUT2D eigenvalue weighted by Crippen LogP contribution is -2.54. The van der Waals surface area contributed by atoms with E-state index < -0.39 is 29.7 Å². The van der Waals surface area contributed by atoms with E-state index in [9.17, 15) is 19.2 Å². The molecule has 3 aromatic heterocycles. The summed E-state index contributed by atoms with van der Waals surface area (Å²) in [7, 11) is 2.08. The Morgan fingerprint density at radius 3 is 2.30 bits per heavy atom. The first-order chi connectivity index (χ1) is 27.8. The molecule has 2 fully saturated rings. The number of carbonyl (C=O) groups is 4. The van der Waals surface area contributed by atoms with Crippen LogP contribution >= 0.6 is 0 Å². The SMILES string of the molecule is Cn1c2ccncc2c2ccc(-c3ccc(OCCCCCOCCCCCOC4CC(Oc5ccc6c(c5)C(=O)N(C5CCC(=O)NC5=O)C6=O)C4)nc3)cc21. The first-order valence-corrected chi connectivity index (χ1v) is 20.0. The molecule has 3 aliphatic rings. The van der Waals surface area contributed by atoms with Crippen LogP contribution in [-0.4, -0.2) is 87.7 Å². The van der Waals surface area contributed by atoms with Crippen LogP contribution in [0, 0.1) is 0 Å². The molecule has 296 valence electrons. The van der Waals surface area contributed by atoms with E-state index in [2.05, 4.69) is 51.2 Å². The molecular weight excluding hydrogens is 727 g/mol. The Bertz CT molecular complexity index is 2280. The van der Waals surface area contributed by atoms with E-state index in [1.807, 2.05) is 30.7 Å². The van der Waals surface area contributed by atoms with E-state index in [-0.39, 0.29) is 36.2 Å². The van der Waals surface area contributed by atoms with Gasteiger partial charge in [0.1, 0.15) is 17.9 Å². The maximum atomic E-state index is 13.1. The van der Waals surface area contributed by atoms with Crippen molar-refractivity contribution in [2.45, 2.75) is 82.5 Å². The molecule has 13 nitrogen and oxygen atoms in total. The summed E-state index contributed by atoms with van der Waals surface area (Å²) in [6.45, 7) is 2.81. The van der Waals surface area contributed by atoms with E-state index in [0.717, 1.165) is 86.0 Å². The van der Waals surface area contributed by atoms with Crippen LogP contribution in [-0.2, 0) is 26.1 Å². The van der Waals surface area contributed by atoms with Gasteiger partial charge in [-0.2, -0.15) is 0 Å². The van der Waals surface area contributed by atoms with Crippen molar-refractivity contribution in [2.75, 3.05) is 26.4 Å². The van der Waals surface area contributed by atoms with E-state index >= 15 is 0 Å². The number of benzene rings is 2. The number of pyridine rings is 2. The summed E-state index contributed by atoms with van der Waals surface area (Å²) in [5.41, 5.74) is 4.95. The molecule has 1 saturated carbocycles. The molecule has 4 amide bonds. The summed E-state index contributed by atoms with van der Waals surface area (Å²) < 4.78 is 26.0. The zero-order valence-corrected chi connectivity index (χ0v) is 32.1. The van der Waals surface area contributed by atoms with Crippen molar-refractivity contribution in [3.8, 4) is 22.8 Å². The second kappa shape index (κ2) is 17.2. The lowest BCUT2D eigenvalue weighted by Gasteiger charge is -2.35. The Morgan fingerprint density at radius 2 is 1.51 bits per heavy atom. The van der Waals surface area contributed by atoms with Crippen LogP contribution in [0.5, 0.6) is 11.6 Å². The van der Waals surface area contributed by atoms with Crippen LogP contribution in [0.1, 0.15) is 84.9 Å². The molecule has 1 aliphatic carbocycles. The number of ether oxygens (including phenoxy) is 4. The Balaban J connectivity index is 0.639. The molecule has 0 spiro atoms. The van der Waals surface area contributed by atoms with Gasteiger partial charge in [0.05, 0.1) is 29.4 Å². The topological polar surface area (TPSA) is 151 Å². The van der Waals surface area contributed by atoms with Crippen LogP contribution in [0.3, 0.4) is 0 Å². The lowest BCUT2D eigenvalue weighted by atomic mass is 9.92. The zero-order valence-electron chi connectivity index (χ0n) is 32.1. The van der Waals surface area contributed by atoms with Crippen molar-refractivity contribution in [3.05, 3.63) is 84.3 Å². The van der Waals surface area contributed by atoms with Gasteiger partial charge >= 0.3 is 0 Å². The number of amides is 4. The minimum atomic E-state index is -0.989. The van der Waals surface area contributed by atoms with Gasteiger partial charge in [-0.3, -0.25) is 34.4 Å². The van der Waals surface area contributed by atoms with Gasteiger partial charge < -0.3 is 23.5 Å². The molecule has 13 heteroatoms. The van der Waals surface area contributed by atoms with Crippen LogP contribution in [0.2, 0.25) is 0 Å². The minimum Gasteiger partial charge on any atom is -0.490 e. The van der Waals surface area contributed by atoms with Gasteiger partial charge in [-0.15, -0.1) is 0 Å². The monoisotopic (exact) mass is 773 g/mol. The van der Waals surface area contributed by atoms with E-state index in [1.54, 1.807) is 18.2 Å². The molecule has 1 atom stereocenters. The molecule has 2 aliphatic heterocycles. The highest BCUT2D eigenvalue weighted by Gasteiger charge is 2.45. The summed E-state index contributed by atoms with van der Waals surface area (Å²) in [4.78, 5) is 59.6. The first-order valence-electron chi connectivity index (χ1n) is 20.0. The number of imide groups is 2. The number of hydrogen-bond donors (Lipinski definition) is 1. The number of hydrogen-bond acceptors (Lipinski definition) is 10. The predicted molar refractivity (Wildman–Crippen MR) is 212 cm³/mol. The number of nitrogens with zero attached hydrogens (tertiary/aromatic N) is 4. The van der Waals surface area contributed by atoms with Crippen molar-refractivity contribution in [3.63, 3.8) is 0 Å². The number of rotatable bonds is 18. The number of carbonyl (C=O) groups excluding carboxylic acids is 4. The fraction of sp³-hybridized carbons (Fsp3) is 0.409. The summed E-state index contributed by atoms with van der Waals surface area (Å²) in [5.74, 6) is -0.963. The third kappa shape index (κ3) is 8.40. The summed E-state index contributed by atoms with van der Waals surface area (Å²) >= 11 is 0. The normalized spacial score (nSPS) is 19.2. The number of nitrogens with one attached hydrogen (secondary N) is 1. The molecular formula is C44H47N5O8. The highest BCUT2D eigenvalue weighted by Crippen LogP contribution is 2.34. The molecule has 0 radical (unpaired) electrons. The second-order valence-electron chi connectivity index (χ2n) is 15.0. The molecule has 57 heavy (non-hydrogen) atoms. The number of piperidine rings is 1. The van der Waals surface area contributed by atoms with Gasteiger partial charge in [0.2, 0.25) is 17.7 Å². The number of aryl methyl sites for hydroxylation is 1. The van der Waals surface area contributed by atoms with Crippen molar-refractivity contribution in [1.82, 2.24) is 24.8 Å². The number of fused-ring (bicyclic) bond motifs is 4. The third-order valence-electron chi connectivity index (χ3n) is 11.1. The predicted octanol–water partition coefficient (Wildman–Crippen LogP) is 6.55. The fourth-order valence-corrected chi connectivity index (χ4v) is 7.83. The minimum absolute atomic E-state index is 0.0308. The lowest BCUT2D eigenvalue weighted by molar-refractivity contribution is -0.136. The van der Waals surface area contributed by atoms with Crippen LogP contribution < -0.4 is 14.8 Å². The van der Waals surface area contributed by atoms with Crippen LogP contribution in [0.15, 0.2) is 73.2 Å². The van der Waals surface area contributed by atoms with E-state index in [4.69, 9.17) is 18.9 Å². The quantitative estimate of drug-likeness (QED) is 0.0767. The Labute approximate surface area is 330 Å². The van der Waals surface area contributed by atoms with Crippen LogP contribution in [0.25, 0.3) is 32.9 Å². The maximum Gasteiger partial charge on any atom is 0.262 e. The first kappa shape index (κ1) is 38.2. The summed E-state index contributed by atoms with van der Waals surface area (Å²) in [6.07, 6.45) is 13.4. The van der Waals surface area contributed by atoms with E-state index in [1.165, 1.54) is 16.4 Å². The van der Waals surface area contributed by atoms with Gasteiger partial charge in [0, 0.05) is 92.6 Å². The molecule has 1 unspecified atom stereocenters. The molecule has 0 bridgehead atoms. The second-order valence-corrected chi connectivity index (χ2v) is 15.0. The highest BCUT2D eigenvalue weighted by molar-refractivity contribution is 6.23. The summed E-state index contributed by atoms with van der Waals surface area (Å²) in [5, 5.41) is 4.56. The molecule has 1 saturated heterocycles. The molecule has 5 heterocycles. The Morgan fingerprint density at radius 1 is 0.737 bits per heavy atom. The van der Waals surface area contributed by atoms with Gasteiger partial charge in [0.25, 0.3) is 11.8 Å². The molecule has 1 N–H and O–H groups in total. The van der Waals surface area contributed by atoms with E-state index in [0.29, 0.717) is 24.8 Å². The smallest absolute Gasteiger partial charge is 0.262 e. The number of aromatic nitrogens is 3. The Hall–Kier alpha value is -5.66. The summed E-state index contributed by atoms with van der Waals surface area (Å²) in [6, 6.07) is 16.3. The van der Waals surface area contributed by atoms with Crippen molar-refractivity contribution in [1.29, 1.82) is 0 Å². The standard InChI is InChI=1S/C44H47N5O8/c1-48-37-16-17-45-27-36(37)33-11-8-28(22-39(33)48)29-9-15-41(46-26-29)56-21-7-3-5-19-54-18-4-2-6-20-55-31-23-32(24-31)57-30-10-12-34-35(25-30)44(53)49(43(34)52)38-13-14-40(50)47-42(38)51/h8-12,15-17,22,25-27,31-32,38H,2-7,13-14,18-21,23-24H2,1H3,(H,47,50,51). The van der Waals surface area contributed by atoms with Gasteiger partial charge in [-0.05, 0) is 86.9 Å². The van der Waals surface area contributed by atoms with Crippen molar-refractivity contribution < 1.29 is 38.1 Å². The number of unbranched alkanes of at least 4 members (excludes halogenated alkanes) is 4. The maximum absolute atomic E-state index is 13.1. The fourth-order valence-electron chi connectivity index (χ4n) is 7.83. The highest BCUT2D eigenvalue weighted by atomic mass is 16.5. The van der Waals surface area contributed by atoms with Gasteiger partial charge in [-0.25, -0.2) is 4.98 Å². The average Bonchev–Trinajstić information content (AvgIpc) is 3.63. The largest absolute Gasteiger partial charge is 0.490 e. The third-order valence-corrected chi connectivity index (χ3v) is 11.1. The molecule has 2 aromatic carbocycles. The van der Waals surface area contributed by atoms with Gasteiger partial charge in [0.15, 0.2) is 0 Å². The van der Waals surface area contributed by atoms with Crippen LogP contribution in [0.4, 0.5) is 0 Å². The molecule has 5 aromatic rings. The van der Waals surface area contributed by atoms with Gasteiger partial charge in [-0.1, -0.05) is 12.1 Å². The van der Waals surface area contributed by atoms with Crippen molar-refractivity contribution >= 4 is 45.4 Å². The Kier molecular flexibility index (Phi) is 11.6. The average molecular weight is 774 g/mol. The zero-order chi connectivity index (χ0) is 39.3. The van der Waals surface area contributed by atoms with Crippen molar-refractivity contribution in [2.24, 2.45) is 7.05 Å². The molecule has 8 rings (SSSR count).